The molecule has 0 saturated heterocycles. The molecule has 9 atom stereocenters. The zero-order valence-electron chi connectivity index (χ0n) is 33.2. The van der Waals surface area contributed by atoms with E-state index in [4.69, 9.17) is 22.9 Å². The Morgan fingerprint density at radius 2 is 0.833 bits per heavy atom. The number of hydrogen-bond donors (Lipinski definition) is 11. The van der Waals surface area contributed by atoms with Crippen LogP contribution in [0.15, 0.2) is 0 Å². The van der Waals surface area contributed by atoms with Crippen molar-refractivity contribution in [1.82, 2.24) is 31.9 Å². The van der Waals surface area contributed by atoms with Crippen molar-refractivity contribution in [2.45, 2.75) is 155 Å². The molecule has 0 fully saturated rings. The van der Waals surface area contributed by atoms with Crippen LogP contribution in [0.4, 0.5) is 0 Å². The molecule has 0 aliphatic rings. The molecule has 0 unspecified atom stereocenters. The number of primary amides is 1. The standard InChI is InChI=1S/C36H70N10O8/c1-7-21(3)28(44-33(51)27(17-11-14-20-39)43-32(50)26(41-24(6)48)16-10-13-19-38)34(52)45-29(22(4)8-2)35(53)46-30(23(5)47)36(54)42-25(31(40)49)15-9-12-18-37/h21-23,25-30,47H,7-20,37-39H2,1-6H3,(H2,40,49)(H,41,48)(H,42,54)(H,43,50)(H,44,51)(H,45,52)(H,46,53)/t21-,22-,23+,25-,26-,27-,28-,29-,30-/m0/s1. The van der Waals surface area contributed by atoms with E-state index < -0.39 is 95.5 Å². The third-order valence-corrected chi connectivity index (χ3v) is 9.48. The number of nitrogens with one attached hydrogen (secondary N) is 6. The lowest BCUT2D eigenvalue weighted by atomic mass is 9.94. The summed E-state index contributed by atoms with van der Waals surface area (Å²) in [6.07, 6.45) is 3.66. The molecular weight excluding hydrogens is 700 g/mol. The number of amides is 7. The molecule has 0 spiro atoms. The van der Waals surface area contributed by atoms with Gasteiger partial charge in [-0.05, 0) is 96.2 Å². The van der Waals surface area contributed by atoms with Crippen molar-refractivity contribution in [2.75, 3.05) is 19.6 Å². The maximum atomic E-state index is 13.9. The van der Waals surface area contributed by atoms with Gasteiger partial charge >= 0.3 is 0 Å². The predicted octanol–water partition coefficient (Wildman–Crippen LogP) is -1.74. The van der Waals surface area contributed by atoms with E-state index in [0.717, 1.165) is 0 Å². The zero-order valence-corrected chi connectivity index (χ0v) is 33.2. The van der Waals surface area contributed by atoms with Crippen LogP contribution in [0.25, 0.3) is 0 Å². The fraction of sp³-hybridized carbons (Fsp3) is 0.806. The molecule has 54 heavy (non-hydrogen) atoms. The second-order valence-corrected chi connectivity index (χ2v) is 14.1. The summed E-state index contributed by atoms with van der Waals surface area (Å²) in [4.78, 5) is 91.8. The number of aliphatic hydroxyl groups is 1. The van der Waals surface area contributed by atoms with Crippen molar-refractivity contribution in [3.63, 3.8) is 0 Å². The maximum absolute atomic E-state index is 13.9. The van der Waals surface area contributed by atoms with Crippen molar-refractivity contribution >= 4 is 41.4 Å². The molecule has 15 N–H and O–H groups in total. The van der Waals surface area contributed by atoms with Crippen LogP contribution in [0.5, 0.6) is 0 Å². The van der Waals surface area contributed by atoms with Gasteiger partial charge in [0.15, 0.2) is 0 Å². The van der Waals surface area contributed by atoms with Gasteiger partial charge in [0.05, 0.1) is 6.10 Å². The Kier molecular flexibility index (Phi) is 25.7. The number of nitrogens with two attached hydrogens (primary N) is 4. The summed E-state index contributed by atoms with van der Waals surface area (Å²) in [5, 5.41) is 26.4. The van der Waals surface area contributed by atoms with Crippen molar-refractivity contribution < 1.29 is 38.7 Å². The van der Waals surface area contributed by atoms with Gasteiger partial charge in [0.25, 0.3) is 0 Å². The van der Waals surface area contributed by atoms with Crippen molar-refractivity contribution in [2.24, 2.45) is 34.8 Å². The second kappa shape index (κ2) is 27.7. The molecule has 0 aromatic carbocycles. The molecule has 0 aliphatic heterocycles. The zero-order chi connectivity index (χ0) is 41.4. The molecule has 18 heteroatoms. The van der Waals surface area contributed by atoms with Gasteiger partial charge in [-0.3, -0.25) is 33.6 Å². The third kappa shape index (κ3) is 18.9. The Bertz CT molecular complexity index is 1190. The summed E-state index contributed by atoms with van der Waals surface area (Å²) in [7, 11) is 0. The van der Waals surface area contributed by atoms with Gasteiger partial charge in [0.1, 0.15) is 36.3 Å². The summed E-state index contributed by atoms with van der Waals surface area (Å²) in [6, 6.07) is -6.82. The lowest BCUT2D eigenvalue weighted by molar-refractivity contribution is -0.137. The third-order valence-electron chi connectivity index (χ3n) is 9.48. The fourth-order valence-electron chi connectivity index (χ4n) is 5.63. The summed E-state index contributed by atoms with van der Waals surface area (Å²) < 4.78 is 0. The van der Waals surface area contributed by atoms with Gasteiger partial charge in [0, 0.05) is 6.92 Å². The highest BCUT2D eigenvalue weighted by Gasteiger charge is 2.37. The normalized spacial score (nSPS) is 16.2. The molecule has 0 aromatic heterocycles. The van der Waals surface area contributed by atoms with E-state index in [9.17, 15) is 38.7 Å². The largest absolute Gasteiger partial charge is 0.391 e. The first-order chi connectivity index (χ1) is 25.5. The molecule has 312 valence electrons. The maximum Gasteiger partial charge on any atom is 0.245 e. The van der Waals surface area contributed by atoms with Crippen LogP contribution in [-0.2, 0) is 33.6 Å². The number of carbonyl (C=O) groups excluding carboxylic acids is 7. The lowest BCUT2D eigenvalue weighted by Crippen LogP contribution is -2.62. The average molecular weight is 771 g/mol. The van der Waals surface area contributed by atoms with Crippen molar-refractivity contribution in [3.05, 3.63) is 0 Å². The van der Waals surface area contributed by atoms with E-state index in [-0.39, 0.29) is 12.8 Å². The molecule has 0 heterocycles. The molecule has 18 nitrogen and oxygen atoms in total. The van der Waals surface area contributed by atoms with E-state index in [1.54, 1.807) is 13.8 Å². The molecule has 7 amide bonds. The first-order valence-corrected chi connectivity index (χ1v) is 19.4. The minimum atomic E-state index is -1.49. The van der Waals surface area contributed by atoms with Gasteiger partial charge in [0.2, 0.25) is 41.4 Å². The molecule has 0 radical (unpaired) electrons. The van der Waals surface area contributed by atoms with Crippen molar-refractivity contribution in [3.8, 4) is 0 Å². The van der Waals surface area contributed by atoms with Gasteiger partial charge < -0.3 is 59.9 Å². The van der Waals surface area contributed by atoms with Crippen LogP contribution in [0.2, 0.25) is 0 Å². The van der Waals surface area contributed by atoms with Gasteiger partial charge in [-0.25, -0.2) is 0 Å². The highest BCUT2D eigenvalue weighted by atomic mass is 16.3. The first kappa shape index (κ1) is 50.1. The van der Waals surface area contributed by atoms with Crippen molar-refractivity contribution in [1.29, 1.82) is 0 Å². The fourth-order valence-corrected chi connectivity index (χ4v) is 5.63. The quantitative estimate of drug-likeness (QED) is 0.0380. The van der Waals surface area contributed by atoms with Crippen LogP contribution in [0.1, 0.15) is 112 Å². The SMILES string of the molecule is CC[C@H](C)[C@H](NC(=O)[C@H](CCCCN)NC(=O)[C@H](CCCCN)NC(C)=O)C(=O)N[C@H](C(=O)N[C@H](C(=O)N[C@@H](CCCCN)C(N)=O)[C@@H](C)O)[C@@H](C)CC. The second-order valence-electron chi connectivity index (χ2n) is 14.1. The van der Waals surface area contributed by atoms with Crippen LogP contribution in [0.3, 0.4) is 0 Å². The highest BCUT2D eigenvalue weighted by Crippen LogP contribution is 2.14. The molecule has 0 aromatic rings. The molecule has 0 saturated carbocycles. The van der Waals surface area contributed by atoms with Crippen LogP contribution in [0, 0.1) is 11.8 Å². The van der Waals surface area contributed by atoms with Gasteiger partial charge in [-0.1, -0.05) is 40.5 Å². The van der Waals surface area contributed by atoms with Crippen LogP contribution in [-0.4, -0.2) is 108 Å². The first-order valence-electron chi connectivity index (χ1n) is 19.4. The predicted molar refractivity (Wildman–Crippen MR) is 206 cm³/mol. The van der Waals surface area contributed by atoms with E-state index in [0.29, 0.717) is 77.4 Å². The highest BCUT2D eigenvalue weighted by molar-refractivity contribution is 5.97. The smallest absolute Gasteiger partial charge is 0.245 e. The minimum Gasteiger partial charge on any atom is -0.391 e. The van der Waals surface area contributed by atoms with Crippen LogP contribution >= 0.6 is 0 Å². The molecule has 0 aliphatic carbocycles. The Labute approximate surface area is 320 Å². The number of unbranched alkanes of at least 4 members (excludes halogenated alkanes) is 3. The number of rotatable bonds is 29. The Balaban J connectivity index is 6.24. The molecule has 0 bridgehead atoms. The summed E-state index contributed by atoms with van der Waals surface area (Å²) in [5.74, 6) is -5.52. The average Bonchev–Trinajstić information content (AvgIpc) is 3.12. The lowest BCUT2D eigenvalue weighted by Gasteiger charge is -2.31. The Hall–Kier alpha value is -3.87. The summed E-state index contributed by atoms with van der Waals surface area (Å²) in [5.41, 5.74) is 22.3. The van der Waals surface area contributed by atoms with E-state index >= 15 is 0 Å². The number of aliphatic hydroxyl groups excluding tert-OH is 1. The summed E-state index contributed by atoms with van der Waals surface area (Å²) in [6.45, 7) is 10.9. The number of carbonyl (C=O) groups is 7. The Morgan fingerprint density at radius 3 is 1.20 bits per heavy atom. The van der Waals surface area contributed by atoms with Crippen LogP contribution < -0.4 is 54.8 Å². The number of hydrogen-bond acceptors (Lipinski definition) is 11. The summed E-state index contributed by atoms with van der Waals surface area (Å²) >= 11 is 0. The molecular formula is C36H70N10O8. The van der Waals surface area contributed by atoms with E-state index in [2.05, 4.69) is 31.9 Å². The van der Waals surface area contributed by atoms with E-state index in [1.165, 1.54) is 13.8 Å². The molecule has 0 rings (SSSR count). The van der Waals surface area contributed by atoms with Gasteiger partial charge in [-0.15, -0.1) is 0 Å². The topological polar surface area (TPSA) is 316 Å². The van der Waals surface area contributed by atoms with E-state index in [1.807, 2.05) is 13.8 Å². The monoisotopic (exact) mass is 771 g/mol. The van der Waals surface area contributed by atoms with Gasteiger partial charge in [-0.2, -0.15) is 0 Å². The minimum absolute atomic E-state index is 0.212. The Morgan fingerprint density at radius 1 is 0.500 bits per heavy atom.